The van der Waals surface area contributed by atoms with Gasteiger partial charge in [0.1, 0.15) is 5.75 Å². The zero-order valence-electron chi connectivity index (χ0n) is 15.4. The van der Waals surface area contributed by atoms with E-state index in [4.69, 9.17) is 4.74 Å². The molecule has 4 heteroatoms. The number of fused-ring (bicyclic) bond motifs is 1. The number of ketones is 1. The summed E-state index contributed by atoms with van der Waals surface area (Å²) in [5, 5.41) is 0. The normalized spacial score (nSPS) is 20.9. The van der Waals surface area contributed by atoms with Gasteiger partial charge in [0, 0.05) is 31.5 Å². The summed E-state index contributed by atoms with van der Waals surface area (Å²) >= 11 is 0. The summed E-state index contributed by atoms with van der Waals surface area (Å²) in [6.07, 6.45) is 8.29. The number of carbonyl (C=O) groups is 2. The van der Waals surface area contributed by atoms with Crippen LogP contribution in [0.25, 0.3) is 0 Å². The van der Waals surface area contributed by atoms with Crippen molar-refractivity contribution in [2.45, 2.75) is 51.4 Å². The molecule has 1 aromatic rings. The lowest BCUT2D eigenvalue weighted by atomic mass is 9.80. The number of nitrogens with zero attached hydrogens (tertiary/aromatic N) is 1. The number of hydrogen-bond donors (Lipinski definition) is 0. The Balaban J connectivity index is 1.58. The Morgan fingerprint density at radius 1 is 1.20 bits per heavy atom. The van der Waals surface area contributed by atoms with E-state index < -0.39 is 0 Å². The van der Waals surface area contributed by atoms with Crippen LogP contribution in [0.5, 0.6) is 5.75 Å². The third-order valence-electron chi connectivity index (χ3n) is 5.81. The van der Waals surface area contributed by atoms with E-state index in [0.29, 0.717) is 12.3 Å². The minimum atomic E-state index is -0.179. The molecule has 1 unspecified atom stereocenters. The van der Waals surface area contributed by atoms with Crippen LogP contribution in [0.1, 0.15) is 60.9 Å². The summed E-state index contributed by atoms with van der Waals surface area (Å²) in [6.45, 7) is 0.841. The van der Waals surface area contributed by atoms with E-state index in [9.17, 15) is 9.59 Å². The van der Waals surface area contributed by atoms with Crippen LogP contribution >= 0.6 is 0 Å². The fourth-order valence-electron chi connectivity index (χ4n) is 4.25. The van der Waals surface area contributed by atoms with Crippen LogP contribution in [0.15, 0.2) is 18.2 Å². The van der Waals surface area contributed by atoms with Gasteiger partial charge in [-0.3, -0.25) is 9.59 Å². The number of amides is 1. The van der Waals surface area contributed by atoms with Gasteiger partial charge in [-0.05, 0) is 55.4 Å². The number of Topliss-reactive ketones (excluding diaryl/α,β-unsaturated/α-hetero) is 1. The van der Waals surface area contributed by atoms with E-state index in [2.05, 4.69) is 0 Å². The third-order valence-corrected chi connectivity index (χ3v) is 5.81. The molecule has 136 valence electrons. The molecule has 0 spiro atoms. The summed E-state index contributed by atoms with van der Waals surface area (Å²) in [4.78, 5) is 27.2. The molecule has 0 aromatic heterocycles. The maximum Gasteiger partial charge on any atom is 0.223 e. The average Bonchev–Trinajstić information content (AvgIpc) is 2.64. The maximum atomic E-state index is 12.8. The van der Waals surface area contributed by atoms with Crippen LogP contribution < -0.4 is 4.74 Å². The summed E-state index contributed by atoms with van der Waals surface area (Å²) in [6, 6.07) is 5.62. The standard InChI is InChI=1S/C21H29NO3/c1-22(14-15-6-4-3-5-7-15)20(23)13-17-9-8-16-12-18(25-2)10-11-19(16)21(17)24/h10-12,15,17H,3-9,13-14H2,1-2H3. The Morgan fingerprint density at radius 2 is 1.96 bits per heavy atom. The molecule has 0 saturated heterocycles. The highest BCUT2D eigenvalue weighted by Crippen LogP contribution is 2.31. The van der Waals surface area contributed by atoms with Crippen molar-refractivity contribution in [3.05, 3.63) is 29.3 Å². The van der Waals surface area contributed by atoms with E-state index >= 15 is 0 Å². The second-order valence-electron chi connectivity index (χ2n) is 7.61. The largest absolute Gasteiger partial charge is 0.497 e. The van der Waals surface area contributed by atoms with Gasteiger partial charge in [-0.2, -0.15) is 0 Å². The van der Waals surface area contributed by atoms with Gasteiger partial charge in [-0.1, -0.05) is 19.3 Å². The van der Waals surface area contributed by atoms with Crippen molar-refractivity contribution in [3.8, 4) is 5.75 Å². The highest BCUT2D eigenvalue weighted by atomic mass is 16.5. The molecular formula is C21H29NO3. The molecule has 0 N–H and O–H groups in total. The van der Waals surface area contributed by atoms with E-state index in [0.717, 1.165) is 36.3 Å². The van der Waals surface area contributed by atoms with Gasteiger partial charge in [0.05, 0.1) is 7.11 Å². The van der Waals surface area contributed by atoms with Gasteiger partial charge < -0.3 is 9.64 Å². The molecule has 0 heterocycles. The Morgan fingerprint density at radius 3 is 2.68 bits per heavy atom. The molecule has 25 heavy (non-hydrogen) atoms. The summed E-state index contributed by atoms with van der Waals surface area (Å²) in [5.74, 6) is 1.47. The van der Waals surface area contributed by atoms with E-state index in [1.807, 2.05) is 30.1 Å². The van der Waals surface area contributed by atoms with E-state index in [-0.39, 0.29) is 17.6 Å². The molecule has 0 radical (unpaired) electrons. The first-order chi connectivity index (χ1) is 12.1. The average molecular weight is 343 g/mol. The van der Waals surface area contributed by atoms with E-state index in [1.165, 1.54) is 32.1 Å². The van der Waals surface area contributed by atoms with Crippen molar-refractivity contribution < 1.29 is 14.3 Å². The zero-order chi connectivity index (χ0) is 17.8. The van der Waals surface area contributed by atoms with Gasteiger partial charge >= 0.3 is 0 Å². The molecule has 1 amide bonds. The molecule has 1 aromatic carbocycles. The van der Waals surface area contributed by atoms with Crippen molar-refractivity contribution in [1.82, 2.24) is 4.90 Å². The summed E-state index contributed by atoms with van der Waals surface area (Å²) in [7, 11) is 3.53. The minimum Gasteiger partial charge on any atom is -0.497 e. The number of carbonyl (C=O) groups excluding carboxylic acids is 2. The Bertz CT molecular complexity index is 634. The van der Waals surface area contributed by atoms with Crippen molar-refractivity contribution in [2.75, 3.05) is 20.7 Å². The first-order valence-electron chi connectivity index (χ1n) is 9.53. The number of ether oxygens (including phenoxy) is 1. The fraction of sp³-hybridized carbons (Fsp3) is 0.619. The highest BCUT2D eigenvalue weighted by Gasteiger charge is 2.30. The quantitative estimate of drug-likeness (QED) is 0.815. The smallest absolute Gasteiger partial charge is 0.223 e. The lowest BCUT2D eigenvalue weighted by Gasteiger charge is -2.29. The van der Waals surface area contributed by atoms with Crippen molar-refractivity contribution in [3.63, 3.8) is 0 Å². The van der Waals surface area contributed by atoms with Gasteiger partial charge in [0.15, 0.2) is 5.78 Å². The first kappa shape index (κ1) is 18.0. The predicted molar refractivity (Wildman–Crippen MR) is 98.0 cm³/mol. The predicted octanol–water partition coefficient (Wildman–Crippen LogP) is 3.87. The lowest BCUT2D eigenvalue weighted by molar-refractivity contribution is -0.131. The molecule has 2 aliphatic rings. The first-order valence-corrected chi connectivity index (χ1v) is 9.53. The second-order valence-corrected chi connectivity index (χ2v) is 7.61. The molecular weight excluding hydrogens is 314 g/mol. The van der Waals surface area contributed by atoms with Crippen LogP contribution in [0.4, 0.5) is 0 Å². The number of methoxy groups -OCH3 is 1. The highest BCUT2D eigenvalue weighted by molar-refractivity contribution is 6.02. The Kier molecular flexibility index (Phi) is 5.77. The number of rotatable bonds is 5. The van der Waals surface area contributed by atoms with Crippen LogP contribution in [0, 0.1) is 11.8 Å². The topological polar surface area (TPSA) is 46.6 Å². The second kappa shape index (κ2) is 8.03. The monoisotopic (exact) mass is 343 g/mol. The van der Waals surface area contributed by atoms with Crippen molar-refractivity contribution in [1.29, 1.82) is 0 Å². The SMILES string of the molecule is COc1ccc2c(c1)CCC(CC(=O)N(C)CC1CCCCC1)C2=O. The molecule has 0 aliphatic heterocycles. The van der Waals surface area contributed by atoms with Crippen molar-refractivity contribution in [2.24, 2.45) is 11.8 Å². The summed E-state index contributed by atoms with van der Waals surface area (Å²) < 4.78 is 5.24. The molecule has 2 aliphatic carbocycles. The van der Waals surface area contributed by atoms with Crippen LogP contribution in [0.3, 0.4) is 0 Å². The maximum absolute atomic E-state index is 12.8. The molecule has 1 fully saturated rings. The molecule has 4 nitrogen and oxygen atoms in total. The fourth-order valence-corrected chi connectivity index (χ4v) is 4.25. The minimum absolute atomic E-state index is 0.112. The number of hydrogen-bond acceptors (Lipinski definition) is 3. The Labute approximate surface area is 150 Å². The molecule has 0 bridgehead atoms. The third kappa shape index (κ3) is 4.23. The lowest BCUT2D eigenvalue weighted by Crippen LogP contribution is -2.35. The van der Waals surface area contributed by atoms with Gasteiger partial charge in [-0.25, -0.2) is 0 Å². The molecule has 1 atom stereocenters. The van der Waals surface area contributed by atoms with Crippen LogP contribution in [-0.4, -0.2) is 37.3 Å². The van der Waals surface area contributed by atoms with E-state index in [1.54, 1.807) is 7.11 Å². The van der Waals surface area contributed by atoms with Gasteiger partial charge in [0.2, 0.25) is 5.91 Å². The zero-order valence-corrected chi connectivity index (χ0v) is 15.4. The van der Waals surface area contributed by atoms with Gasteiger partial charge in [-0.15, -0.1) is 0 Å². The summed E-state index contributed by atoms with van der Waals surface area (Å²) in [5.41, 5.74) is 1.81. The number of aryl methyl sites for hydroxylation is 1. The Hall–Kier alpha value is -1.84. The molecule has 3 rings (SSSR count). The number of benzene rings is 1. The van der Waals surface area contributed by atoms with Gasteiger partial charge in [0.25, 0.3) is 0 Å². The van der Waals surface area contributed by atoms with Crippen LogP contribution in [-0.2, 0) is 11.2 Å². The molecule has 1 saturated carbocycles. The van der Waals surface area contributed by atoms with Crippen molar-refractivity contribution >= 4 is 11.7 Å². The van der Waals surface area contributed by atoms with Crippen LogP contribution in [0.2, 0.25) is 0 Å².